The van der Waals surface area contributed by atoms with E-state index in [4.69, 9.17) is 0 Å². The summed E-state index contributed by atoms with van der Waals surface area (Å²) in [6, 6.07) is 12.6. The van der Waals surface area contributed by atoms with Crippen molar-refractivity contribution in [2.75, 3.05) is 17.7 Å². The molecule has 3 rings (SSSR count). The summed E-state index contributed by atoms with van der Waals surface area (Å²) < 4.78 is 31.2. The molecular weight excluding hydrogens is 368 g/mol. The normalized spacial score (nSPS) is 10.2. The highest BCUT2D eigenvalue weighted by atomic mass is 19.1. The molecule has 1 heterocycles. The highest BCUT2D eigenvalue weighted by Crippen LogP contribution is 2.19. The Kier molecular flexibility index (Phi) is 5.59. The van der Waals surface area contributed by atoms with Crippen LogP contribution in [0.2, 0.25) is 0 Å². The van der Waals surface area contributed by atoms with Gasteiger partial charge in [-0.25, -0.2) is 18.6 Å². The van der Waals surface area contributed by atoms with E-state index in [2.05, 4.69) is 20.4 Å². The van der Waals surface area contributed by atoms with Gasteiger partial charge in [0.15, 0.2) is 0 Å². The van der Waals surface area contributed by atoms with E-state index in [0.29, 0.717) is 23.1 Å². The smallest absolute Gasteiger partial charge is 0.337 e. The number of nitrogens with zero attached hydrogens (tertiary/aromatic N) is 1. The Morgan fingerprint density at radius 3 is 2.50 bits per heavy atom. The molecule has 0 atom stereocenters. The van der Waals surface area contributed by atoms with Gasteiger partial charge in [-0.3, -0.25) is 4.79 Å². The molecule has 142 valence electrons. The lowest BCUT2D eigenvalue weighted by atomic mass is 10.2. The summed E-state index contributed by atoms with van der Waals surface area (Å²) in [7, 11) is 1.30. The summed E-state index contributed by atoms with van der Waals surface area (Å²) in [5.74, 6) is -2.21. The molecule has 0 saturated carbocycles. The van der Waals surface area contributed by atoms with Crippen molar-refractivity contribution in [2.45, 2.75) is 0 Å². The molecule has 0 fully saturated rings. The van der Waals surface area contributed by atoms with Crippen LogP contribution in [0.1, 0.15) is 20.7 Å². The number of carbonyl (C=O) groups is 2. The van der Waals surface area contributed by atoms with Crippen LogP contribution in [0.25, 0.3) is 0 Å². The van der Waals surface area contributed by atoms with Crippen molar-refractivity contribution >= 4 is 29.1 Å². The Hall–Kier alpha value is -3.81. The van der Waals surface area contributed by atoms with Gasteiger partial charge in [-0.2, -0.15) is 0 Å². The average Bonchev–Trinajstić information content (AvgIpc) is 2.70. The molecule has 0 bridgehead atoms. The third-order valence-corrected chi connectivity index (χ3v) is 3.76. The molecule has 2 aromatic carbocycles. The van der Waals surface area contributed by atoms with Crippen LogP contribution >= 0.6 is 0 Å². The second-order valence-electron chi connectivity index (χ2n) is 5.71. The molecule has 2 N–H and O–H groups in total. The fourth-order valence-corrected chi connectivity index (χ4v) is 2.38. The quantitative estimate of drug-likeness (QED) is 0.647. The van der Waals surface area contributed by atoms with Crippen LogP contribution in [0, 0.1) is 11.6 Å². The van der Waals surface area contributed by atoms with Crippen molar-refractivity contribution in [1.29, 1.82) is 0 Å². The van der Waals surface area contributed by atoms with Gasteiger partial charge in [0.2, 0.25) is 0 Å². The van der Waals surface area contributed by atoms with E-state index < -0.39 is 23.5 Å². The third kappa shape index (κ3) is 4.47. The Labute approximate surface area is 159 Å². The van der Waals surface area contributed by atoms with Gasteiger partial charge < -0.3 is 15.4 Å². The number of esters is 1. The van der Waals surface area contributed by atoms with Gasteiger partial charge in [-0.1, -0.05) is 6.07 Å². The number of rotatable bonds is 5. The van der Waals surface area contributed by atoms with Crippen molar-refractivity contribution in [3.63, 3.8) is 0 Å². The van der Waals surface area contributed by atoms with Gasteiger partial charge in [-0.15, -0.1) is 0 Å². The van der Waals surface area contributed by atoms with Crippen LogP contribution in [-0.2, 0) is 4.74 Å². The number of benzene rings is 2. The van der Waals surface area contributed by atoms with Crippen LogP contribution in [0.3, 0.4) is 0 Å². The number of halogens is 2. The maximum atomic E-state index is 13.6. The molecule has 0 spiro atoms. The minimum Gasteiger partial charge on any atom is -0.465 e. The molecule has 0 unspecified atom stereocenters. The monoisotopic (exact) mass is 383 g/mol. The summed E-state index contributed by atoms with van der Waals surface area (Å²) in [5, 5.41) is 5.36. The van der Waals surface area contributed by atoms with Gasteiger partial charge in [0.25, 0.3) is 5.91 Å². The summed E-state index contributed by atoms with van der Waals surface area (Å²) in [6.45, 7) is 0. The lowest BCUT2D eigenvalue weighted by molar-refractivity contribution is 0.0600. The van der Waals surface area contributed by atoms with Crippen LogP contribution in [0.5, 0.6) is 0 Å². The standard InChI is InChI=1S/C20H15F2N3O3/c1-28-20(27)12-3-2-4-15(9-12)24-18-8-5-13(11-23-18)19(26)25-17-7-6-14(21)10-16(17)22/h2-11H,1H3,(H,23,24)(H,25,26). The molecule has 28 heavy (non-hydrogen) atoms. The number of hydrogen-bond donors (Lipinski definition) is 2. The van der Waals surface area contributed by atoms with E-state index in [1.54, 1.807) is 30.3 Å². The average molecular weight is 383 g/mol. The van der Waals surface area contributed by atoms with Gasteiger partial charge >= 0.3 is 5.97 Å². The topological polar surface area (TPSA) is 80.3 Å². The Bertz CT molecular complexity index is 1020. The van der Waals surface area contributed by atoms with Gasteiger partial charge in [0.1, 0.15) is 17.5 Å². The van der Waals surface area contributed by atoms with E-state index in [9.17, 15) is 18.4 Å². The summed E-state index contributed by atoms with van der Waals surface area (Å²) in [5.41, 5.74) is 1.05. The molecule has 1 aromatic heterocycles. The maximum Gasteiger partial charge on any atom is 0.337 e. The molecule has 0 radical (unpaired) electrons. The van der Waals surface area contributed by atoms with Crippen molar-refractivity contribution in [1.82, 2.24) is 4.98 Å². The van der Waals surface area contributed by atoms with Gasteiger partial charge in [0.05, 0.1) is 23.9 Å². The van der Waals surface area contributed by atoms with Gasteiger partial charge in [0, 0.05) is 18.0 Å². The van der Waals surface area contributed by atoms with E-state index in [1.807, 2.05) is 0 Å². The zero-order valence-corrected chi connectivity index (χ0v) is 14.7. The minimum absolute atomic E-state index is 0.131. The van der Waals surface area contributed by atoms with E-state index in [0.717, 1.165) is 12.1 Å². The van der Waals surface area contributed by atoms with Crippen molar-refractivity contribution < 1.29 is 23.1 Å². The maximum absolute atomic E-state index is 13.6. The van der Waals surface area contributed by atoms with Gasteiger partial charge in [-0.05, 0) is 42.5 Å². The number of anilines is 3. The lowest BCUT2D eigenvalue weighted by Gasteiger charge is -2.09. The molecular formula is C20H15F2N3O3. The van der Waals surface area contributed by atoms with E-state index in [1.165, 1.54) is 19.4 Å². The number of hydrogen-bond acceptors (Lipinski definition) is 5. The number of carbonyl (C=O) groups excluding carboxylic acids is 2. The Morgan fingerprint density at radius 2 is 1.82 bits per heavy atom. The first-order valence-electron chi connectivity index (χ1n) is 8.14. The lowest BCUT2D eigenvalue weighted by Crippen LogP contribution is -2.13. The Morgan fingerprint density at radius 1 is 1.00 bits per heavy atom. The Balaban J connectivity index is 1.69. The first-order valence-corrected chi connectivity index (χ1v) is 8.14. The minimum atomic E-state index is -0.870. The zero-order chi connectivity index (χ0) is 20.1. The largest absolute Gasteiger partial charge is 0.465 e. The molecule has 8 heteroatoms. The third-order valence-electron chi connectivity index (χ3n) is 3.76. The number of pyridine rings is 1. The molecule has 3 aromatic rings. The predicted octanol–water partition coefficient (Wildman–Crippen LogP) is 4.14. The van der Waals surface area contributed by atoms with Crippen LogP contribution < -0.4 is 10.6 Å². The van der Waals surface area contributed by atoms with Crippen LogP contribution in [0.4, 0.5) is 26.0 Å². The number of aromatic nitrogens is 1. The summed E-state index contributed by atoms with van der Waals surface area (Å²) in [6.07, 6.45) is 1.31. The first-order chi connectivity index (χ1) is 13.5. The SMILES string of the molecule is COC(=O)c1cccc(Nc2ccc(C(=O)Nc3ccc(F)cc3F)cn2)c1. The highest BCUT2D eigenvalue weighted by Gasteiger charge is 2.11. The second-order valence-corrected chi connectivity index (χ2v) is 5.71. The van der Waals surface area contributed by atoms with E-state index >= 15 is 0 Å². The van der Waals surface area contributed by atoms with Crippen LogP contribution in [0.15, 0.2) is 60.8 Å². The molecule has 0 aliphatic heterocycles. The summed E-state index contributed by atoms with van der Waals surface area (Å²) in [4.78, 5) is 27.9. The zero-order valence-electron chi connectivity index (χ0n) is 14.7. The summed E-state index contributed by atoms with van der Waals surface area (Å²) >= 11 is 0. The number of nitrogens with one attached hydrogen (secondary N) is 2. The molecule has 1 amide bonds. The van der Waals surface area contributed by atoms with E-state index in [-0.39, 0.29) is 11.3 Å². The fraction of sp³-hybridized carbons (Fsp3) is 0.0500. The van der Waals surface area contributed by atoms with Crippen molar-refractivity contribution in [3.8, 4) is 0 Å². The van der Waals surface area contributed by atoms with Crippen molar-refractivity contribution in [3.05, 3.63) is 83.6 Å². The predicted molar refractivity (Wildman–Crippen MR) is 99.6 cm³/mol. The highest BCUT2D eigenvalue weighted by molar-refractivity contribution is 6.04. The fourth-order valence-electron chi connectivity index (χ4n) is 2.38. The molecule has 6 nitrogen and oxygen atoms in total. The number of amides is 1. The molecule has 0 saturated heterocycles. The second kappa shape index (κ2) is 8.26. The number of ether oxygens (including phenoxy) is 1. The molecule has 0 aliphatic carbocycles. The van der Waals surface area contributed by atoms with Crippen molar-refractivity contribution in [2.24, 2.45) is 0 Å². The number of methoxy groups -OCH3 is 1. The molecule has 0 aliphatic rings. The van der Waals surface area contributed by atoms with Crippen LogP contribution in [-0.4, -0.2) is 24.0 Å². The first kappa shape index (κ1) is 19.0.